The zero-order valence-corrected chi connectivity index (χ0v) is 12.7. The first-order valence-electron chi connectivity index (χ1n) is 6.38. The number of rotatable bonds is 5. The van der Waals surface area contributed by atoms with Crippen LogP contribution in [0.25, 0.3) is 0 Å². The largest absolute Gasteiger partial charge is 0.296 e. The molecular weight excluding hydrogens is 291 g/mol. The third-order valence-corrected chi connectivity index (χ3v) is 3.80. The maximum Gasteiger partial charge on any atom is 0.265 e. The summed E-state index contributed by atoms with van der Waals surface area (Å²) in [5, 5.41) is 2.99. The summed E-state index contributed by atoms with van der Waals surface area (Å²) < 4.78 is 13.8. The van der Waals surface area contributed by atoms with Crippen molar-refractivity contribution in [2.75, 3.05) is 7.05 Å². The molecule has 0 aliphatic carbocycles. The molecule has 7 heteroatoms. The number of nitrogens with one attached hydrogen (secondary N) is 1. The van der Waals surface area contributed by atoms with Gasteiger partial charge in [-0.3, -0.25) is 15.1 Å². The molecule has 0 radical (unpaired) electrons. The van der Waals surface area contributed by atoms with Crippen molar-refractivity contribution in [3.05, 3.63) is 51.2 Å². The van der Waals surface area contributed by atoms with Gasteiger partial charge < -0.3 is 0 Å². The Morgan fingerprint density at radius 3 is 2.86 bits per heavy atom. The first kappa shape index (κ1) is 15.6. The van der Waals surface area contributed by atoms with Crippen molar-refractivity contribution in [2.24, 2.45) is 5.84 Å². The number of hydrazine groups is 1. The Bertz CT molecular complexity index is 644. The molecule has 0 bridgehead atoms. The summed E-state index contributed by atoms with van der Waals surface area (Å²) in [5.41, 5.74) is 3.78. The van der Waals surface area contributed by atoms with Crippen LogP contribution in [0.4, 0.5) is 4.39 Å². The number of thiazole rings is 1. The predicted octanol–water partition coefficient (Wildman–Crippen LogP) is 1.83. The summed E-state index contributed by atoms with van der Waals surface area (Å²) in [6.07, 6.45) is 0. The molecule has 0 fully saturated rings. The lowest BCUT2D eigenvalue weighted by molar-refractivity contribution is 0.0953. The third kappa shape index (κ3) is 4.07. The van der Waals surface area contributed by atoms with Crippen LogP contribution in [0.5, 0.6) is 0 Å². The summed E-state index contributed by atoms with van der Waals surface area (Å²) >= 11 is 1.59. The molecule has 21 heavy (non-hydrogen) atoms. The number of nitrogen functional groups attached to an aromatic ring is 1. The highest BCUT2D eigenvalue weighted by molar-refractivity contribution is 7.09. The molecule has 2 aromatic rings. The summed E-state index contributed by atoms with van der Waals surface area (Å²) in [5.74, 6) is 4.31. The predicted molar refractivity (Wildman–Crippen MR) is 80.1 cm³/mol. The first-order valence-corrected chi connectivity index (χ1v) is 7.26. The average molecular weight is 308 g/mol. The van der Waals surface area contributed by atoms with E-state index in [1.54, 1.807) is 11.3 Å². The van der Waals surface area contributed by atoms with E-state index in [1.807, 2.05) is 29.7 Å². The van der Waals surface area contributed by atoms with Crippen LogP contribution in [-0.2, 0) is 13.1 Å². The highest BCUT2D eigenvalue weighted by Crippen LogP contribution is 2.15. The minimum Gasteiger partial charge on any atom is -0.296 e. The molecule has 5 nitrogen and oxygen atoms in total. The molecule has 0 unspecified atom stereocenters. The van der Waals surface area contributed by atoms with Gasteiger partial charge >= 0.3 is 0 Å². The number of nitrogens with two attached hydrogens (primary N) is 1. The van der Waals surface area contributed by atoms with Gasteiger partial charge in [-0.05, 0) is 32.2 Å². The lowest BCUT2D eigenvalue weighted by atomic mass is 10.1. The van der Waals surface area contributed by atoms with Crippen molar-refractivity contribution in [1.82, 2.24) is 15.3 Å². The van der Waals surface area contributed by atoms with Gasteiger partial charge in [0.1, 0.15) is 5.82 Å². The fourth-order valence-electron chi connectivity index (χ4n) is 2.02. The molecule has 0 saturated carbocycles. The number of halogens is 1. The zero-order valence-electron chi connectivity index (χ0n) is 11.9. The Hall–Kier alpha value is -1.83. The molecule has 1 heterocycles. The van der Waals surface area contributed by atoms with Crippen molar-refractivity contribution in [2.45, 2.75) is 20.0 Å². The van der Waals surface area contributed by atoms with Crippen molar-refractivity contribution in [1.29, 1.82) is 0 Å². The van der Waals surface area contributed by atoms with Crippen molar-refractivity contribution < 1.29 is 9.18 Å². The van der Waals surface area contributed by atoms with Gasteiger partial charge in [-0.1, -0.05) is 0 Å². The molecule has 0 aliphatic rings. The van der Waals surface area contributed by atoms with Gasteiger partial charge in [0, 0.05) is 29.6 Å². The average Bonchev–Trinajstić information content (AvgIpc) is 2.85. The Balaban J connectivity index is 2.09. The van der Waals surface area contributed by atoms with E-state index in [1.165, 1.54) is 18.2 Å². The molecule has 3 N–H and O–H groups in total. The Morgan fingerprint density at radius 2 is 2.24 bits per heavy atom. The second kappa shape index (κ2) is 6.75. The van der Waals surface area contributed by atoms with Crippen LogP contribution >= 0.6 is 11.3 Å². The van der Waals surface area contributed by atoms with E-state index in [0.29, 0.717) is 24.2 Å². The number of aromatic nitrogens is 1. The number of carbonyl (C=O) groups is 1. The van der Waals surface area contributed by atoms with Crippen LogP contribution in [0.3, 0.4) is 0 Å². The van der Waals surface area contributed by atoms with Crippen LogP contribution in [0.15, 0.2) is 23.6 Å². The maximum absolute atomic E-state index is 13.8. The maximum atomic E-state index is 13.8. The fraction of sp³-hybridized carbons (Fsp3) is 0.286. The lowest BCUT2D eigenvalue weighted by Crippen LogP contribution is -2.30. The van der Waals surface area contributed by atoms with E-state index >= 15 is 0 Å². The van der Waals surface area contributed by atoms with Gasteiger partial charge in [0.2, 0.25) is 0 Å². The first-order chi connectivity index (χ1) is 9.99. The van der Waals surface area contributed by atoms with Crippen LogP contribution in [-0.4, -0.2) is 22.8 Å². The molecule has 1 aromatic carbocycles. The van der Waals surface area contributed by atoms with E-state index < -0.39 is 5.91 Å². The van der Waals surface area contributed by atoms with Gasteiger partial charge in [-0.15, -0.1) is 11.3 Å². The smallest absolute Gasteiger partial charge is 0.265 e. The Kier molecular flexibility index (Phi) is 5.00. The number of aryl methyl sites for hydroxylation is 1. The number of hydrogen-bond acceptors (Lipinski definition) is 5. The number of hydrogen-bond donors (Lipinski definition) is 2. The molecule has 1 aromatic heterocycles. The molecule has 1 amide bonds. The number of amides is 1. The van der Waals surface area contributed by atoms with Crippen LogP contribution < -0.4 is 11.3 Å². The van der Waals surface area contributed by atoms with E-state index in [9.17, 15) is 9.18 Å². The Labute approximate surface area is 126 Å². The second-order valence-corrected chi connectivity index (χ2v) is 5.87. The molecule has 0 atom stereocenters. The van der Waals surface area contributed by atoms with E-state index in [4.69, 9.17) is 5.84 Å². The summed E-state index contributed by atoms with van der Waals surface area (Å²) in [6.45, 7) is 2.95. The van der Waals surface area contributed by atoms with Crippen molar-refractivity contribution in [3.63, 3.8) is 0 Å². The SMILES string of the molecule is Cc1nc(CN(C)Cc2cc(C(=O)NN)ccc2F)cs1. The summed E-state index contributed by atoms with van der Waals surface area (Å²) in [4.78, 5) is 17.8. The molecule has 0 spiro atoms. The number of nitrogens with zero attached hydrogens (tertiary/aromatic N) is 2. The van der Waals surface area contributed by atoms with Crippen molar-refractivity contribution in [3.8, 4) is 0 Å². The third-order valence-electron chi connectivity index (χ3n) is 2.98. The standard InChI is InChI=1S/C14H17FN4OS/c1-9-17-12(8-21-9)7-19(2)6-11-5-10(14(20)18-16)3-4-13(11)15/h3-5,8H,6-7,16H2,1-2H3,(H,18,20). The van der Waals surface area contributed by atoms with E-state index in [2.05, 4.69) is 4.98 Å². The summed E-state index contributed by atoms with van der Waals surface area (Å²) in [7, 11) is 1.88. The van der Waals surface area contributed by atoms with Crippen LogP contribution in [0.1, 0.15) is 26.6 Å². The molecule has 2 rings (SSSR count). The lowest BCUT2D eigenvalue weighted by Gasteiger charge is -2.16. The highest BCUT2D eigenvalue weighted by Gasteiger charge is 2.11. The quantitative estimate of drug-likeness (QED) is 0.502. The molecule has 112 valence electrons. The fourth-order valence-corrected chi connectivity index (χ4v) is 2.63. The van der Waals surface area contributed by atoms with E-state index in [-0.39, 0.29) is 5.82 Å². The van der Waals surface area contributed by atoms with Crippen LogP contribution in [0, 0.1) is 12.7 Å². The van der Waals surface area contributed by atoms with Crippen LogP contribution in [0.2, 0.25) is 0 Å². The highest BCUT2D eigenvalue weighted by atomic mass is 32.1. The van der Waals surface area contributed by atoms with Gasteiger partial charge in [0.15, 0.2) is 0 Å². The number of carbonyl (C=O) groups excluding carboxylic acids is 1. The van der Waals surface area contributed by atoms with Gasteiger partial charge in [-0.2, -0.15) is 0 Å². The van der Waals surface area contributed by atoms with E-state index in [0.717, 1.165) is 10.7 Å². The van der Waals surface area contributed by atoms with Crippen molar-refractivity contribution >= 4 is 17.2 Å². The minimum absolute atomic E-state index is 0.340. The monoisotopic (exact) mass is 308 g/mol. The number of benzene rings is 1. The van der Waals surface area contributed by atoms with Gasteiger partial charge in [0.25, 0.3) is 5.91 Å². The molecule has 0 aliphatic heterocycles. The molecule has 0 saturated heterocycles. The Morgan fingerprint density at radius 1 is 1.48 bits per heavy atom. The topological polar surface area (TPSA) is 71.2 Å². The second-order valence-electron chi connectivity index (χ2n) is 4.81. The van der Waals surface area contributed by atoms with Gasteiger partial charge in [-0.25, -0.2) is 15.2 Å². The van der Waals surface area contributed by atoms with Gasteiger partial charge in [0.05, 0.1) is 10.7 Å². The normalized spacial score (nSPS) is 10.9. The zero-order chi connectivity index (χ0) is 15.4. The summed E-state index contributed by atoms with van der Waals surface area (Å²) in [6, 6.07) is 4.20. The molecular formula is C14H17FN4OS. The minimum atomic E-state index is -0.436.